The van der Waals surface area contributed by atoms with Gasteiger partial charge in [-0.2, -0.15) is 0 Å². The van der Waals surface area contributed by atoms with E-state index < -0.39 is 17.5 Å². The van der Waals surface area contributed by atoms with Crippen molar-refractivity contribution in [2.24, 2.45) is 0 Å². The lowest BCUT2D eigenvalue weighted by Gasteiger charge is -2.22. The Morgan fingerprint density at radius 1 is 1.41 bits per heavy atom. The molecule has 0 spiro atoms. The lowest BCUT2D eigenvalue weighted by Crippen LogP contribution is -2.42. The van der Waals surface area contributed by atoms with Gasteiger partial charge in [0.15, 0.2) is 0 Å². The van der Waals surface area contributed by atoms with Gasteiger partial charge in [0.1, 0.15) is 11.4 Å². The molecule has 22 heavy (non-hydrogen) atoms. The van der Waals surface area contributed by atoms with Crippen LogP contribution < -0.4 is 10.6 Å². The number of halogens is 2. The number of hydrogen-bond donors (Lipinski definition) is 2. The SMILES string of the molecule is CCC(CNC(=O)OC(C)(C)C)NCc1cccc(Cl)c1F. The minimum absolute atomic E-state index is 0.0194. The molecule has 1 atom stereocenters. The molecule has 0 bridgehead atoms. The Hall–Kier alpha value is -1.33. The highest BCUT2D eigenvalue weighted by atomic mass is 35.5. The molecular weight excluding hydrogens is 307 g/mol. The van der Waals surface area contributed by atoms with Crippen LogP contribution in [0.3, 0.4) is 0 Å². The minimum atomic E-state index is -0.525. The maximum absolute atomic E-state index is 13.8. The molecule has 0 fully saturated rings. The van der Waals surface area contributed by atoms with Crippen molar-refractivity contribution in [3.8, 4) is 0 Å². The Kier molecular flexibility index (Phi) is 7.10. The first-order valence-corrected chi connectivity index (χ1v) is 7.74. The fourth-order valence-corrected chi connectivity index (χ4v) is 2.01. The van der Waals surface area contributed by atoms with Gasteiger partial charge in [-0.1, -0.05) is 30.7 Å². The smallest absolute Gasteiger partial charge is 0.407 e. The zero-order valence-electron chi connectivity index (χ0n) is 13.5. The van der Waals surface area contributed by atoms with Crippen molar-refractivity contribution in [1.82, 2.24) is 10.6 Å². The molecule has 0 aromatic heterocycles. The summed E-state index contributed by atoms with van der Waals surface area (Å²) >= 11 is 5.75. The monoisotopic (exact) mass is 330 g/mol. The number of benzene rings is 1. The van der Waals surface area contributed by atoms with Crippen molar-refractivity contribution < 1.29 is 13.9 Å². The molecule has 1 unspecified atom stereocenters. The van der Waals surface area contributed by atoms with Gasteiger partial charge < -0.3 is 15.4 Å². The largest absolute Gasteiger partial charge is 0.444 e. The lowest BCUT2D eigenvalue weighted by atomic mass is 10.1. The van der Waals surface area contributed by atoms with Crippen LogP contribution in [0.4, 0.5) is 9.18 Å². The molecule has 124 valence electrons. The van der Waals surface area contributed by atoms with E-state index in [0.29, 0.717) is 18.7 Å². The molecule has 0 heterocycles. The Balaban J connectivity index is 2.45. The summed E-state index contributed by atoms with van der Waals surface area (Å²) in [6, 6.07) is 4.93. The van der Waals surface area contributed by atoms with Crippen LogP contribution in [-0.2, 0) is 11.3 Å². The highest BCUT2D eigenvalue weighted by Crippen LogP contribution is 2.17. The van der Waals surface area contributed by atoms with E-state index in [4.69, 9.17) is 16.3 Å². The molecule has 0 aliphatic heterocycles. The zero-order valence-corrected chi connectivity index (χ0v) is 14.3. The van der Waals surface area contributed by atoms with Gasteiger partial charge in [-0.05, 0) is 33.3 Å². The Morgan fingerprint density at radius 3 is 2.68 bits per heavy atom. The first kappa shape index (κ1) is 18.7. The molecule has 0 saturated carbocycles. The molecule has 1 rings (SSSR count). The third-order valence-electron chi connectivity index (χ3n) is 3.00. The quantitative estimate of drug-likeness (QED) is 0.832. The van der Waals surface area contributed by atoms with Gasteiger partial charge in [0.2, 0.25) is 0 Å². The Labute approximate surface area is 136 Å². The van der Waals surface area contributed by atoms with Gasteiger partial charge in [0.25, 0.3) is 0 Å². The maximum atomic E-state index is 13.8. The number of hydrogen-bond acceptors (Lipinski definition) is 3. The fraction of sp³-hybridized carbons (Fsp3) is 0.562. The molecule has 0 aliphatic rings. The molecule has 6 heteroatoms. The lowest BCUT2D eigenvalue weighted by molar-refractivity contribution is 0.0522. The first-order valence-electron chi connectivity index (χ1n) is 7.36. The molecule has 0 radical (unpaired) electrons. The average molecular weight is 331 g/mol. The van der Waals surface area contributed by atoms with Crippen molar-refractivity contribution in [2.45, 2.75) is 52.3 Å². The van der Waals surface area contributed by atoms with E-state index in [9.17, 15) is 9.18 Å². The van der Waals surface area contributed by atoms with Crippen LogP contribution in [0.25, 0.3) is 0 Å². The highest BCUT2D eigenvalue weighted by molar-refractivity contribution is 6.30. The maximum Gasteiger partial charge on any atom is 0.407 e. The summed E-state index contributed by atoms with van der Waals surface area (Å²) in [6.07, 6.45) is 0.333. The van der Waals surface area contributed by atoms with Gasteiger partial charge in [-0.3, -0.25) is 0 Å². The third kappa shape index (κ3) is 6.62. The number of alkyl carbamates (subject to hydrolysis) is 1. The number of amides is 1. The predicted molar refractivity (Wildman–Crippen MR) is 86.6 cm³/mol. The molecule has 4 nitrogen and oxygen atoms in total. The van der Waals surface area contributed by atoms with Crippen molar-refractivity contribution >= 4 is 17.7 Å². The molecule has 1 amide bonds. The summed E-state index contributed by atoms with van der Waals surface area (Å²) in [6.45, 7) is 8.18. The highest BCUT2D eigenvalue weighted by Gasteiger charge is 2.17. The van der Waals surface area contributed by atoms with E-state index >= 15 is 0 Å². The van der Waals surface area contributed by atoms with Gasteiger partial charge >= 0.3 is 6.09 Å². The van der Waals surface area contributed by atoms with Crippen LogP contribution in [0.15, 0.2) is 18.2 Å². The normalized spacial score (nSPS) is 12.8. The summed E-state index contributed by atoms with van der Waals surface area (Å²) in [4.78, 5) is 11.6. The van der Waals surface area contributed by atoms with Crippen LogP contribution >= 0.6 is 11.6 Å². The average Bonchev–Trinajstić information content (AvgIpc) is 2.41. The minimum Gasteiger partial charge on any atom is -0.444 e. The van der Waals surface area contributed by atoms with Crippen LogP contribution in [0.5, 0.6) is 0 Å². The van der Waals surface area contributed by atoms with Crippen LogP contribution in [0.2, 0.25) is 5.02 Å². The van der Waals surface area contributed by atoms with E-state index in [2.05, 4.69) is 10.6 Å². The van der Waals surface area contributed by atoms with Gasteiger partial charge in [-0.25, -0.2) is 9.18 Å². The second-order valence-electron chi connectivity index (χ2n) is 6.08. The molecule has 2 N–H and O–H groups in total. The van der Waals surface area contributed by atoms with Crippen LogP contribution in [-0.4, -0.2) is 24.3 Å². The molecule has 1 aromatic carbocycles. The molecule has 0 saturated heterocycles. The van der Waals surface area contributed by atoms with E-state index in [1.54, 1.807) is 12.1 Å². The van der Waals surface area contributed by atoms with Crippen LogP contribution in [0.1, 0.15) is 39.7 Å². The Bertz CT molecular complexity index is 503. The van der Waals surface area contributed by atoms with Crippen molar-refractivity contribution in [2.75, 3.05) is 6.54 Å². The van der Waals surface area contributed by atoms with Gasteiger partial charge in [-0.15, -0.1) is 0 Å². The second-order valence-corrected chi connectivity index (χ2v) is 6.49. The van der Waals surface area contributed by atoms with Crippen molar-refractivity contribution in [3.05, 3.63) is 34.6 Å². The summed E-state index contributed by atoms with van der Waals surface area (Å²) in [5.74, 6) is -0.411. The number of rotatable bonds is 6. The first-order chi connectivity index (χ1) is 10.2. The molecular formula is C16H24ClFN2O2. The van der Waals surface area contributed by atoms with E-state index in [1.165, 1.54) is 6.07 Å². The molecule has 0 aliphatic carbocycles. The summed E-state index contributed by atoms with van der Waals surface area (Å²) in [7, 11) is 0. The number of carbonyl (C=O) groups is 1. The number of nitrogens with one attached hydrogen (secondary N) is 2. The van der Waals surface area contributed by atoms with Gasteiger partial charge in [0, 0.05) is 24.7 Å². The number of carbonyl (C=O) groups excluding carboxylic acids is 1. The van der Waals surface area contributed by atoms with Gasteiger partial charge in [0.05, 0.1) is 5.02 Å². The Morgan fingerprint density at radius 2 is 2.09 bits per heavy atom. The van der Waals surface area contributed by atoms with Crippen molar-refractivity contribution in [3.63, 3.8) is 0 Å². The molecule has 1 aromatic rings. The predicted octanol–water partition coefficient (Wildman–Crippen LogP) is 3.87. The fourth-order valence-electron chi connectivity index (χ4n) is 1.82. The van der Waals surface area contributed by atoms with E-state index in [-0.39, 0.29) is 11.1 Å². The van der Waals surface area contributed by atoms with Crippen LogP contribution in [0, 0.1) is 5.82 Å². The van der Waals surface area contributed by atoms with Crippen molar-refractivity contribution in [1.29, 1.82) is 0 Å². The zero-order chi connectivity index (χ0) is 16.8. The number of ether oxygens (including phenoxy) is 1. The topological polar surface area (TPSA) is 50.4 Å². The standard InChI is InChI=1S/C16H24ClFN2O2/c1-5-12(10-20-15(21)22-16(2,3)4)19-9-11-7-6-8-13(17)14(11)18/h6-8,12,19H,5,9-10H2,1-4H3,(H,20,21). The van der Waals surface area contributed by atoms with E-state index in [0.717, 1.165) is 6.42 Å². The third-order valence-corrected chi connectivity index (χ3v) is 3.29. The van der Waals surface area contributed by atoms with E-state index in [1.807, 2.05) is 27.7 Å². The summed E-state index contributed by atoms with van der Waals surface area (Å²) in [5, 5.41) is 6.02. The summed E-state index contributed by atoms with van der Waals surface area (Å²) < 4.78 is 19.0. The summed E-state index contributed by atoms with van der Waals surface area (Å²) in [5.41, 5.74) is -0.0217. The second kappa shape index (κ2) is 8.34.